The summed E-state index contributed by atoms with van der Waals surface area (Å²) in [5, 5.41) is 9.94. The van der Waals surface area contributed by atoms with E-state index in [4.69, 9.17) is 5.11 Å². The number of hydrogen-bond acceptors (Lipinski definition) is 4. The molecule has 92 valence electrons. The topological polar surface area (TPSA) is 70.5 Å². The number of carboxylic acids is 1. The van der Waals surface area contributed by atoms with Crippen molar-refractivity contribution in [1.82, 2.24) is 9.88 Å². The van der Waals surface area contributed by atoms with Gasteiger partial charge in [0, 0.05) is 13.1 Å². The van der Waals surface area contributed by atoms with Gasteiger partial charge in [-0.25, -0.2) is 4.98 Å². The molecule has 0 aromatic carbocycles. The lowest BCUT2D eigenvalue weighted by Gasteiger charge is -2.19. The highest BCUT2D eigenvalue weighted by Gasteiger charge is 2.42. The fraction of sp³-hybridized carbons (Fsp3) is 0.545. The molecule has 17 heavy (non-hydrogen) atoms. The highest BCUT2D eigenvalue weighted by Crippen LogP contribution is 2.31. The molecule has 5 nitrogen and oxygen atoms in total. The van der Waals surface area contributed by atoms with Crippen molar-refractivity contribution in [3.63, 3.8) is 0 Å². The number of hydrogen-bond donors (Lipinski definition) is 1. The maximum absolute atomic E-state index is 12.1. The van der Waals surface area contributed by atoms with Crippen LogP contribution in [0.5, 0.6) is 0 Å². The Bertz CT molecular complexity index is 471. The molecule has 1 aliphatic rings. The van der Waals surface area contributed by atoms with Crippen LogP contribution in [0.2, 0.25) is 0 Å². The summed E-state index contributed by atoms with van der Waals surface area (Å²) in [7, 11) is 0. The second-order valence-electron chi connectivity index (χ2n) is 4.59. The molecule has 1 N–H and O–H groups in total. The molecule has 0 aliphatic carbocycles. The second-order valence-corrected chi connectivity index (χ2v) is 5.82. The summed E-state index contributed by atoms with van der Waals surface area (Å²) in [5.41, 5.74) is -0.810. The summed E-state index contributed by atoms with van der Waals surface area (Å²) in [5.74, 6) is -0.950. The zero-order chi connectivity index (χ0) is 12.6. The average Bonchev–Trinajstić information content (AvgIpc) is 2.85. The summed E-state index contributed by atoms with van der Waals surface area (Å²) in [6, 6.07) is 0. The van der Waals surface area contributed by atoms with Gasteiger partial charge < -0.3 is 10.0 Å². The van der Waals surface area contributed by atoms with E-state index in [0.29, 0.717) is 17.8 Å². The normalized spacial score (nSPS) is 24.0. The van der Waals surface area contributed by atoms with Crippen molar-refractivity contribution in [3.05, 3.63) is 16.1 Å². The summed E-state index contributed by atoms with van der Waals surface area (Å²) in [6.45, 7) is 4.30. The van der Waals surface area contributed by atoms with Crippen LogP contribution >= 0.6 is 11.3 Å². The molecule has 0 radical (unpaired) electrons. The maximum Gasteiger partial charge on any atom is 0.311 e. The Morgan fingerprint density at radius 3 is 2.76 bits per heavy atom. The molecule has 1 aromatic heterocycles. The first-order valence-corrected chi connectivity index (χ1v) is 6.19. The van der Waals surface area contributed by atoms with Crippen LogP contribution in [0.3, 0.4) is 0 Å². The fourth-order valence-corrected chi connectivity index (χ4v) is 2.67. The largest absolute Gasteiger partial charge is 0.481 e. The van der Waals surface area contributed by atoms with Gasteiger partial charge in [0.15, 0.2) is 0 Å². The lowest BCUT2D eigenvalue weighted by Crippen LogP contribution is -2.34. The molecule has 1 aromatic rings. The summed E-state index contributed by atoms with van der Waals surface area (Å²) >= 11 is 1.34. The molecular formula is C11H14N2O3S. The predicted octanol–water partition coefficient (Wildman–Crippen LogP) is 1.39. The Morgan fingerprint density at radius 2 is 2.29 bits per heavy atom. The number of carboxylic acid groups (broad SMARTS) is 1. The van der Waals surface area contributed by atoms with Gasteiger partial charge in [0.2, 0.25) is 0 Å². The number of aryl methyl sites for hydroxylation is 1. The molecule has 6 heteroatoms. The van der Waals surface area contributed by atoms with Crippen LogP contribution in [0.15, 0.2) is 6.20 Å². The Kier molecular flexibility index (Phi) is 2.91. The van der Waals surface area contributed by atoms with E-state index in [9.17, 15) is 9.59 Å². The predicted molar refractivity (Wildman–Crippen MR) is 63.1 cm³/mol. The molecule has 0 bridgehead atoms. The van der Waals surface area contributed by atoms with Crippen molar-refractivity contribution >= 4 is 23.2 Å². The average molecular weight is 254 g/mol. The molecule has 1 fully saturated rings. The van der Waals surface area contributed by atoms with Gasteiger partial charge in [-0.05, 0) is 20.3 Å². The standard InChI is InChI=1S/C11H14N2O3S/c1-7-12-5-8(17-7)9(14)13-4-3-11(2,6-13)10(15)16/h5H,3-4,6H2,1-2H3,(H,15,16)/t11-/m0/s1. The number of thiazole rings is 1. The zero-order valence-corrected chi connectivity index (χ0v) is 10.6. The number of aliphatic carboxylic acids is 1. The Hall–Kier alpha value is -1.43. The highest BCUT2D eigenvalue weighted by molar-refractivity contribution is 7.13. The van der Waals surface area contributed by atoms with E-state index in [1.54, 1.807) is 18.0 Å². The van der Waals surface area contributed by atoms with Crippen LogP contribution < -0.4 is 0 Å². The summed E-state index contributed by atoms with van der Waals surface area (Å²) in [4.78, 5) is 29.4. The molecule has 1 aliphatic heterocycles. The van der Waals surface area contributed by atoms with Crippen LogP contribution in [0, 0.1) is 12.3 Å². The fourth-order valence-electron chi connectivity index (χ4n) is 1.93. The van der Waals surface area contributed by atoms with Gasteiger partial charge in [-0.2, -0.15) is 0 Å². The minimum Gasteiger partial charge on any atom is -0.481 e. The molecule has 2 rings (SSSR count). The molecule has 0 spiro atoms. The third-order valence-electron chi connectivity index (χ3n) is 3.11. The first-order chi connectivity index (χ1) is 7.92. The summed E-state index contributed by atoms with van der Waals surface area (Å²) in [6.07, 6.45) is 2.06. The van der Waals surface area contributed by atoms with Crippen molar-refractivity contribution in [2.45, 2.75) is 20.3 Å². The first-order valence-electron chi connectivity index (χ1n) is 5.37. The number of nitrogens with zero attached hydrogens (tertiary/aromatic N) is 2. The molecule has 0 saturated carbocycles. The van der Waals surface area contributed by atoms with Gasteiger partial charge in [-0.1, -0.05) is 0 Å². The third kappa shape index (κ3) is 2.17. The van der Waals surface area contributed by atoms with E-state index >= 15 is 0 Å². The highest BCUT2D eigenvalue weighted by atomic mass is 32.1. The smallest absolute Gasteiger partial charge is 0.311 e. The number of aromatic nitrogens is 1. The number of carbonyl (C=O) groups excluding carboxylic acids is 1. The monoisotopic (exact) mass is 254 g/mol. The molecule has 1 atom stereocenters. The lowest BCUT2D eigenvalue weighted by molar-refractivity contribution is -0.147. The van der Waals surface area contributed by atoms with Crippen LogP contribution in [-0.2, 0) is 4.79 Å². The van der Waals surface area contributed by atoms with E-state index in [0.717, 1.165) is 5.01 Å². The SMILES string of the molecule is Cc1ncc(C(=O)N2CC[C@](C)(C(=O)O)C2)s1. The van der Waals surface area contributed by atoms with Crippen LogP contribution in [0.25, 0.3) is 0 Å². The maximum atomic E-state index is 12.1. The number of carbonyl (C=O) groups is 2. The molecule has 1 amide bonds. The first kappa shape index (κ1) is 12.0. The van der Waals surface area contributed by atoms with E-state index in [1.807, 2.05) is 6.92 Å². The van der Waals surface area contributed by atoms with E-state index in [1.165, 1.54) is 11.3 Å². The minimum absolute atomic E-state index is 0.111. The van der Waals surface area contributed by atoms with Crippen molar-refractivity contribution in [2.24, 2.45) is 5.41 Å². The van der Waals surface area contributed by atoms with Crippen molar-refractivity contribution in [1.29, 1.82) is 0 Å². The van der Waals surface area contributed by atoms with Crippen molar-refractivity contribution < 1.29 is 14.7 Å². The Balaban J connectivity index is 2.11. The van der Waals surface area contributed by atoms with E-state index in [2.05, 4.69) is 4.98 Å². The molecule has 0 unspecified atom stereocenters. The van der Waals surface area contributed by atoms with E-state index in [-0.39, 0.29) is 12.5 Å². The summed E-state index contributed by atoms with van der Waals surface area (Å²) < 4.78 is 0. The molecular weight excluding hydrogens is 240 g/mol. The van der Waals surface area contributed by atoms with Crippen molar-refractivity contribution in [3.8, 4) is 0 Å². The van der Waals surface area contributed by atoms with Gasteiger partial charge in [0.25, 0.3) is 5.91 Å². The second kappa shape index (κ2) is 4.10. The Morgan fingerprint density at radius 1 is 1.59 bits per heavy atom. The van der Waals surface area contributed by atoms with Crippen molar-refractivity contribution in [2.75, 3.05) is 13.1 Å². The van der Waals surface area contributed by atoms with Crippen LogP contribution in [-0.4, -0.2) is 40.0 Å². The van der Waals surface area contributed by atoms with Gasteiger partial charge in [-0.3, -0.25) is 9.59 Å². The third-order valence-corrected chi connectivity index (χ3v) is 4.01. The Labute approximate surface area is 103 Å². The van der Waals surface area contributed by atoms with Crippen LogP contribution in [0.4, 0.5) is 0 Å². The number of likely N-dealkylation sites (tertiary alicyclic amines) is 1. The van der Waals surface area contributed by atoms with Gasteiger partial charge in [0.1, 0.15) is 4.88 Å². The lowest BCUT2D eigenvalue weighted by atomic mass is 9.90. The van der Waals surface area contributed by atoms with Gasteiger partial charge in [-0.15, -0.1) is 11.3 Å². The zero-order valence-electron chi connectivity index (χ0n) is 9.77. The van der Waals surface area contributed by atoms with Gasteiger partial charge >= 0.3 is 5.97 Å². The quantitative estimate of drug-likeness (QED) is 0.865. The number of rotatable bonds is 2. The van der Waals surface area contributed by atoms with Crippen LogP contribution in [0.1, 0.15) is 28.0 Å². The van der Waals surface area contributed by atoms with E-state index < -0.39 is 11.4 Å². The van der Waals surface area contributed by atoms with Gasteiger partial charge in [0.05, 0.1) is 16.6 Å². The molecule has 2 heterocycles. The number of amides is 1. The minimum atomic E-state index is -0.840. The molecule has 1 saturated heterocycles.